The summed E-state index contributed by atoms with van der Waals surface area (Å²) >= 11 is 0. The van der Waals surface area contributed by atoms with Crippen molar-refractivity contribution >= 4 is 123 Å². The van der Waals surface area contributed by atoms with Crippen LogP contribution in [0.1, 0.15) is 59.2 Å². The van der Waals surface area contributed by atoms with E-state index in [9.17, 15) is 27.4 Å². The van der Waals surface area contributed by atoms with Gasteiger partial charge in [0.15, 0.2) is 17.5 Å². The van der Waals surface area contributed by atoms with Crippen LogP contribution in [0.5, 0.6) is 0 Å². The van der Waals surface area contributed by atoms with Crippen LogP contribution >= 0.6 is 0 Å². The van der Waals surface area contributed by atoms with Gasteiger partial charge in [-0.1, -0.05) is 275 Å². The van der Waals surface area contributed by atoms with Gasteiger partial charge < -0.3 is 23.5 Å². The summed E-state index contributed by atoms with van der Waals surface area (Å²) in [6.07, 6.45) is 0. The molecule has 4 aromatic heterocycles. The summed E-state index contributed by atoms with van der Waals surface area (Å²) in [5.41, 5.74) is 6.95. The minimum absolute atomic E-state index is 0.0217. The molecule has 9 heteroatoms. The molecule has 2 aliphatic rings. The van der Waals surface area contributed by atoms with Crippen molar-refractivity contribution in [3.8, 4) is 73.5 Å². The number of hydrogen-bond donors (Lipinski definition) is 0. The fraction of sp³-hybridized carbons (Fsp3) is 0.0412. The predicted octanol–water partition coefficient (Wildman–Crippen LogP) is 22.9. The van der Waals surface area contributed by atoms with E-state index in [1.807, 2.05) is 200 Å². The predicted molar refractivity (Wildman–Crippen MR) is 443 cm³/mol. The highest BCUT2D eigenvalue weighted by Gasteiger charge is 2.46. The Morgan fingerprint density at radius 1 is 0.283 bits per heavy atom. The Morgan fingerprint density at radius 2 is 0.632 bits per heavy atom. The third-order valence-electron chi connectivity index (χ3n) is 20.4. The van der Waals surface area contributed by atoms with Gasteiger partial charge in [-0.2, -0.15) is 0 Å². The van der Waals surface area contributed by atoms with Gasteiger partial charge in [-0.25, -0.2) is 15.0 Å². The molecule has 6 heterocycles. The van der Waals surface area contributed by atoms with Crippen LogP contribution in [0.4, 0.5) is 34.1 Å². The maximum Gasteiger partial charge on any atom is 0.252 e. The number of fused-ring (bicyclic) bond motifs is 13. The Kier molecular flexibility index (Phi) is 9.39. The lowest BCUT2D eigenvalue weighted by Gasteiger charge is -2.45. The Morgan fingerprint density at radius 3 is 1.05 bits per heavy atom. The highest BCUT2D eigenvalue weighted by molar-refractivity contribution is 7.00. The maximum absolute atomic E-state index is 10.2. The molecule has 106 heavy (non-hydrogen) atoms. The number of nitrogens with zero attached hydrogens (tertiary/aromatic N) is 8. The smallest absolute Gasteiger partial charge is 0.252 e. The van der Waals surface area contributed by atoms with E-state index in [2.05, 4.69) is 0 Å². The highest BCUT2D eigenvalue weighted by Crippen LogP contribution is 2.52. The molecular weight excluding hydrogens is 1290 g/mol. The molecule has 0 atom stereocenters. The second-order valence-electron chi connectivity index (χ2n) is 27.3. The normalized spacial score (nSPS) is 15.8. The SMILES string of the molecule is [2H]c1c([2H])c([2H])c2c(c1[2H])c1c([2H])c([2H])c([2H])c([2H])c1n2-c1ccc2c(c1)N(c1ccc(-c3ccccc3)cc1-c1ccccc1)c1cc(-n3c4c([2H])c([2H])c([2H])c([2H])c4c4c([2H])c([2H])c([2H])c([2H])c43)cc3c1B2c1ccc(-n2c4c([2H])c([2H])c([2H])c([2H])c4c4c([2H])c([2H])c([2H])c([2H])c42)cc1N3c1ccc(C(C)(C)C)cc1-c1nc(-c2ccccc2)nc(-c2ccccc2)n1. The fourth-order valence-electron chi connectivity index (χ4n) is 15.6. The molecule has 8 nitrogen and oxygen atoms in total. The van der Waals surface area contributed by atoms with Crippen molar-refractivity contribution in [2.45, 2.75) is 26.2 Å². The first-order valence-electron chi connectivity index (χ1n) is 46.6. The number of rotatable bonds is 10. The molecule has 19 aromatic rings. The molecular formula is C97H67BN8. The topological polar surface area (TPSA) is 59.9 Å². The van der Waals surface area contributed by atoms with Gasteiger partial charge in [0.25, 0.3) is 6.71 Å². The van der Waals surface area contributed by atoms with Gasteiger partial charge in [0, 0.05) is 88.7 Å². The Bertz CT molecular complexity index is 8000. The van der Waals surface area contributed by atoms with Crippen molar-refractivity contribution in [3.05, 3.63) is 357 Å². The molecule has 21 rings (SSSR count). The van der Waals surface area contributed by atoms with Crippen molar-refractivity contribution in [1.82, 2.24) is 28.7 Å². The maximum atomic E-state index is 10.2. The third kappa shape index (κ3) is 9.59. The quantitative estimate of drug-likeness (QED) is 0.128. The van der Waals surface area contributed by atoms with Crippen LogP contribution in [-0.2, 0) is 5.41 Å². The molecule has 0 saturated heterocycles. The lowest BCUT2D eigenvalue weighted by atomic mass is 9.33. The summed E-state index contributed by atoms with van der Waals surface area (Å²) in [6, 6.07) is 48.5. The number of aromatic nitrogens is 6. The zero-order chi connectivity index (χ0) is 91.2. The average molecular weight is 1380 g/mol. The summed E-state index contributed by atoms with van der Waals surface area (Å²) in [5, 5.41) is -1.30. The summed E-state index contributed by atoms with van der Waals surface area (Å²) in [5.74, 6) is 0.700. The van der Waals surface area contributed by atoms with E-state index in [0.717, 1.165) is 16.7 Å². The number of para-hydroxylation sites is 6. The summed E-state index contributed by atoms with van der Waals surface area (Å²) in [6.45, 7) is 5.05. The van der Waals surface area contributed by atoms with Crippen molar-refractivity contribution in [2.24, 2.45) is 0 Å². The Hall–Kier alpha value is -13.6. The minimum atomic E-state index is -1.10. The lowest BCUT2D eigenvalue weighted by Crippen LogP contribution is -2.61. The molecule has 15 aromatic carbocycles. The molecule has 0 unspecified atom stereocenters. The van der Waals surface area contributed by atoms with Crippen LogP contribution < -0.4 is 26.2 Å². The average Bonchev–Trinajstić information content (AvgIpc) is 0.887. The second kappa shape index (κ2) is 24.0. The zero-order valence-corrected chi connectivity index (χ0v) is 56.8. The van der Waals surface area contributed by atoms with E-state index in [4.69, 9.17) is 20.4 Å². The fourth-order valence-corrected chi connectivity index (χ4v) is 15.6. The largest absolute Gasteiger partial charge is 0.311 e. The molecule has 0 amide bonds. The van der Waals surface area contributed by atoms with Gasteiger partial charge in [-0.3, -0.25) is 0 Å². The van der Waals surface area contributed by atoms with E-state index in [-0.39, 0.29) is 117 Å². The number of anilines is 6. The zero-order valence-electron chi connectivity index (χ0n) is 80.8. The van der Waals surface area contributed by atoms with Crippen LogP contribution in [0.15, 0.2) is 351 Å². The van der Waals surface area contributed by atoms with Crippen molar-refractivity contribution in [1.29, 1.82) is 0 Å². The van der Waals surface area contributed by atoms with E-state index in [1.165, 1.54) is 13.7 Å². The first-order chi connectivity index (χ1) is 62.2. The molecule has 0 aliphatic carbocycles. The summed E-state index contributed by atoms with van der Waals surface area (Å²) < 4.78 is 234. The second-order valence-corrected chi connectivity index (χ2v) is 27.3. The van der Waals surface area contributed by atoms with E-state index >= 15 is 0 Å². The minimum Gasteiger partial charge on any atom is -0.311 e. The van der Waals surface area contributed by atoms with E-state index < -0.39 is 157 Å². The third-order valence-corrected chi connectivity index (χ3v) is 20.4. The van der Waals surface area contributed by atoms with Crippen molar-refractivity contribution in [3.63, 3.8) is 0 Å². The van der Waals surface area contributed by atoms with Crippen LogP contribution in [0.3, 0.4) is 0 Å². The first kappa shape index (κ1) is 41.5. The van der Waals surface area contributed by atoms with E-state index in [0.29, 0.717) is 61.3 Å². The standard InChI is InChI=1S/C97H67BN8/c1-97(2,3)67-49-55-88(78(57-67)96-100-94(64-32-12-6-13-33-64)99-95(101-96)65-34-14-7-15-35-65)106-90-59-69(103-83-44-24-18-38-73(83)74-39-19-25-45-84(74)103)51-53-80(90)98-79-52-50-68(102-81-42-22-16-36-71(81)72-37-17-23-43-82(72)102)58-89(79)105(87-54-48-66(62-28-8-4-9-29-62)56-77(87)63-30-10-5-11-31-63)91-60-70(61-92(106)93(91)98)104-85-46-26-20-40-75(85)76-41-21-27-47-86(76)104/h4-61H,1-3H3/i16D,17D,18D,19D,20D,21D,22D,23D,24D,25D,26D,27D,36D,37D,38D,39D,40D,41D,42D,43D,44D,45D,46D,47D. The molecule has 0 spiro atoms. The van der Waals surface area contributed by atoms with Gasteiger partial charge >= 0.3 is 0 Å². The van der Waals surface area contributed by atoms with Gasteiger partial charge in [-0.15, -0.1) is 0 Å². The van der Waals surface area contributed by atoms with Crippen LogP contribution in [0.2, 0.25) is 0 Å². The Labute approximate surface area is 648 Å². The van der Waals surface area contributed by atoms with Crippen molar-refractivity contribution < 1.29 is 32.9 Å². The molecule has 2 aliphatic heterocycles. The van der Waals surface area contributed by atoms with Gasteiger partial charge in [0.2, 0.25) is 0 Å². The van der Waals surface area contributed by atoms with Gasteiger partial charge in [0.05, 0.1) is 83.1 Å². The van der Waals surface area contributed by atoms with E-state index in [1.54, 1.807) is 36.4 Å². The molecule has 0 bridgehead atoms. The molecule has 498 valence electrons. The summed E-state index contributed by atoms with van der Waals surface area (Å²) in [7, 11) is 0. The molecule has 0 N–H and O–H groups in total. The van der Waals surface area contributed by atoms with Gasteiger partial charge in [-0.05, 0) is 141 Å². The monoisotopic (exact) mass is 1380 g/mol. The lowest BCUT2D eigenvalue weighted by molar-refractivity contribution is 0.590. The highest BCUT2D eigenvalue weighted by atomic mass is 15.2. The Balaban J connectivity index is 1.000. The number of benzene rings is 15. The summed E-state index contributed by atoms with van der Waals surface area (Å²) in [4.78, 5) is 20.0. The van der Waals surface area contributed by atoms with Crippen molar-refractivity contribution in [2.75, 3.05) is 9.80 Å². The number of hydrogen-bond acceptors (Lipinski definition) is 5. The first-order valence-corrected chi connectivity index (χ1v) is 34.6. The van der Waals surface area contributed by atoms with Crippen LogP contribution in [0.25, 0.3) is 139 Å². The molecule has 0 fully saturated rings. The molecule has 0 radical (unpaired) electrons. The van der Waals surface area contributed by atoms with Crippen LogP contribution in [0, 0.1) is 0 Å². The van der Waals surface area contributed by atoms with Crippen LogP contribution in [-0.4, -0.2) is 35.4 Å². The molecule has 0 saturated carbocycles. The van der Waals surface area contributed by atoms with Gasteiger partial charge in [0.1, 0.15) is 0 Å².